The maximum atomic E-state index is 9.35. The van der Waals surface area contributed by atoms with E-state index < -0.39 is 6.10 Å². The van der Waals surface area contributed by atoms with E-state index in [9.17, 15) is 5.11 Å². The highest BCUT2D eigenvalue weighted by molar-refractivity contribution is 9.11. The lowest BCUT2D eigenvalue weighted by molar-refractivity contribution is 0.0594. The average Bonchev–Trinajstić information content (AvgIpc) is 2.10. The van der Waals surface area contributed by atoms with Crippen LogP contribution in [0.1, 0.15) is 13.8 Å². The second kappa shape index (κ2) is 5.66. The van der Waals surface area contributed by atoms with E-state index in [2.05, 4.69) is 47.8 Å². The van der Waals surface area contributed by atoms with Gasteiger partial charge in [0.25, 0.3) is 0 Å². The van der Waals surface area contributed by atoms with Gasteiger partial charge >= 0.3 is 0 Å². The van der Waals surface area contributed by atoms with Gasteiger partial charge in [-0.3, -0.25) is 0 Å². The van der Waals surface area contributed by atoms with Crippen LogP contribution in [0.3, 0.4) is 0 Å². The highest BCUT2D eigenvalue weighted by atomic mass is 79.9. The molecule has 0 bridgehead atoms. The molecule has 0 aliphatic rings. The monoisotopic (exact) mass is 400 g/mol. The number of benzene rings is 1. The molecule has 2 nitrogen and oxygen atoms in total. The number of hydrogen-bond donors (Lipinski definition) is 1. The molecule has 84 valence electrons. The van der Waals surface area contributed by atoms with E-state index in [-0.39, 0.29) is 6.10 Å². The Hall–Kier alpha value is 0.420. The number of rotatable bonds is 3. The normalized spacial score (nSPS) is 14.8. The van der Waals surface area contributed by atoms with E-state index in [0.717, 1.165) is 13.4 Å². The third-order valence-electron chi connectivity index (χ3n) is 1.95. The average molecular weight is 403 g/mol. The molecule has 1 N–H and O–H groups in total. The lowest BCUT2D eigenvalue weighted by Crippen LogP contribution is -2.25. The van der Waals surface area contributed by atoms with Crippen molar-refractivity contribution >= 4 is 47.8 Å². The van der Waals surface area contributed by atoms with Gasteiger partial charge in [-0.15, -0.1) is 0 Å². The van der Waals surface area contributed by atoms with Crippen molar-refractivity contribution in [1.82, 2.24) is 0 Å². The summed E-state index contributed by atoms with van der Waals surface area (Å²) in [6.07, 6.45) is -0.758. The first kappa shape index (κ1) is 13.5. The Labute approximate surface area is 114 Å². The van der Waals surface area contributed by atoms with E-state index in [1.54, 1.807) is 6.92 Å². The van der Waals surface area contributed by atoms with Gasteiger partial charge in [-0.25, -0.2) is 0 Å². The Morgan fingerprint density at radius 2 is 1.60 bits per heavy atom. The smallest absolute Gasteiger partial charge is 0.148 e. The standard InChI is InChI=1S/C10H11Br3O2/c1-5(14)6(2)15-10-8(12)3-7(11)4-9(10)13/h3-6,14H,1-2H3. The number of hydrogen-bond acceptors (Lipinski definition) is 2. The number of aliphatic hydroxyl groups is 1. The zero-order chi connectivity index (χ0) is 11.6. The van der Waals surface area contributed by atoms with Gasteiger partial charge in [0, 0.05) is 4.47 Å². The molecule has 5 heteroatoms. The quantitative estimate of drug-likeness (QED) is 0.824. The highest BCUT2D eigenvalue weighted by Gasteiger charge is 2.15. The van der Waals surface area contributed by atoms with Crippen molar-refractivity contribution in [2.45, 2.75) is 26.1 Å². The van der Waals surface area contributed by atoms with Crippen LogP contribution in [0.25, 0.3) is 0 Å². The fourth-order valence-electron chi connectivity index (χ4n) is 0.926. The summed E-state index contributed by atoms with van der Waals surface area (Å²) in [6.45, 7) is 3.52. The van der Waals surface area contributed by atoms with Crippen LogP contribution < -0.4 is 4.74 Å². The molecule has 0 aliphatic carbocycles. The third-order valence-corrected chi connectivity index (χ3v) is 3.58. The van der Waals surface area contributed by atoms with E-state index >= 15 is 0 Å². The molecule has 0 aromatic heterocycles. The minimum Gasteiger partial charge on any atom is -0.486 e. The zero-order valence-corrected chi connectivity index (χ0v) is 13.1. The second-order valence-corrected chi connectivity index (χ2v) is 5.89. The van der Waals surface area contributed by atoms with Crippen molar-refractivity contribution in [1.29, 1.82) is 0 Å². The molecule has 0 aliphatic heterocycles. The molecule has 0 amide bonds. The molecule has 1 aromatic rings. The maximum Gasteiger partial charge on any atom is 0.148 e. The first-order chi connectivity index (χ1) is 6.91. The number of ether oxygens (including phenoxy) is 1. The predicted octanol–water partition coefficient (Wildman–Crippen LogP) is 4.12. The topological polar surface area (TPSA) is 29.5 Å². The summed E-state index contributed by atoms with van der Waals surface area (Å²) < 4.78 is 8.27. The van der Waals surface area contributed by atoms with Gasteiger partial charge in [0.1, 0.15) is 11.9 Å². The van der Waals surface area contributed by atoms with Gasteiger partial charge < -0.3 is 9.84 Å². The summed E-state index contributed by atoms with van der Waals surface area (Å²) in [5, 5.41) is 9.35. The Bertz CT molecular complexity index is 330. The van der Waals surface area contributed by atoms with Crippen molar-refractivity contribution in [2.75, 3.05) is 0 Å². The summed E-state index contributed by atoms with van der Waals surface area (Å²) in [5.74, 6) is 0.701. The van der Waals surface area contributed by atoms with Crippen LogP contribution in [0, 0.1) is 0 Å². The Kier molecular flexibility index (Phi) is 5.09. The van der Waals surface area contributed by atoms with Gasteiger partial charge in [-0.2, -0.15) is 0 Å². The lowest BCUT2D eigenvalue weighted by atomic mass is 10.2. The largest absolute Gasteiger partial charge is 0.486 e. The van der Waals surface area contributed by atoms with Crippen LogP contribution in [0.15, 0.2) is 25.6 Å². The molecular weight excluding hydrogens is 392 g/mol. The van der Waals surface area contributed by atoms with Crippen LogP contribution in [0.2, 0.25) is 0 Å². The van der Waals surface area contributed by atoms with Crippen LogP contribution in [0.5, 0.6) is 5.75 Å². The van der Waals surface area contributed by atoms with Crippen molar-refractivity contribution in [3.63, 3.8) is 0 Å². The number of aliphatic hydroxyl groups excluding tert-OH is 1. The van der Waals surface area contributed by atoms with Gasteiger partial charge in [-0.05, 0) is 57.8 Å². The summed E-state index contributed by atoms with van der Waals surface area (Å²) >= 11 is 10.2. The van der Waals surface area contributed by atoms with Gasteiger partial charge in [-0.1, -0.05) is 15.9 Å². The minimum atomic E-state index is -0.507. The number of halogens is 3. The first-order valence-corrected chi connectivity index (χ1v) is 6.79. The van der Waals surface area contributed by atoms with Crippen molar-refractivity contribution < 1.29 is 9.84 Å². The molecular formula is C10H11Br3O2. The van der Waals surface area contributed by atoms with Crippen molar-refractivity contribution in [3.8, 4) is 5.75 Å². The summed E-state index contributed by atoms with van der Waals surface area (Å²) in [6, 6.07) is 3.80. The lowest BCUT2D eigenvalue weighted by Gasteiger charge is -2.19. The fraction of sp³-hybridized carbons (Fsp3) is 0.400. The Morgan fingerprint density at radius 3 is 2.00 bits per heavy atom. The first-order valence-electron chi connectivity index (χ1n) is 4.41. The molecule has 15 heavy (non-hydrogen) atoms. The van der Waals surface area contributed by atoms with E-state index in [1.807, 2.05) is 19.1 Å². The fourth-order valence-corrected chi connectivity index (χ4v) is 3.37. The molecule has 0 saturated carbocycles. The van der Waals surface area contributed by atoms with E-state index in [1.165, 1.54) is 0 Å². The molecule has 1 rings (SSSR count). The summed E-state index contributed by atoms with van der Waals surface area (Å²) in [4.78, 5) is 0. The Morgan fingerprint density at radius 1 is 1.13 bits per heavy atom. The highest BCUT2D eigenvalue weighted by Crippen LogP contribution is 2.37. The molecule has 0 fully saturated rings. The summed E-state index contributed by atoms with van der Waals surface area (Å²) in [7, 11) is 0. The van der Waals surface area contributed by atoms with Crippen LogP contribution >= 0.6 is 47.8 Å². The third kappa shape index (κ3) is 3.73. The van der Waals surface area contributed by atoms with Gasteiger partial charge in [0.05, 0.1) is 15.0 Å². The SMILES string of the molecule is CC(O)C(C)Oc1c(Br)cc(Br)cc1Br. The van der Waals surface area contributed by atoms with Crippen LogP contribution in [0.4, 0.5) is 0 Å². The van der Waals surface area contributed by atoms with E-state index in [4.69, 9.17) is 4.74 Å². The Balaban J connectivity index is 2.95. The molecule has 0 saturated heterocycles. The van der Waals surface area contributed by atoms with Crippen LogP contribution in [-0.4, -0.2) is 17.3 Å². The molecule has 0 spiro atoms. The predicted molar refractivity (Wildman–Crippen MR) is 71.3 cm³/mol. The molecule has 0 radical (unpaired) electrons. The van der Waals surface area contributed by atoms with E-state index in [0.29, 0.717) is 5.75 Å². The maximum absolute atomic E-state index is 9.35. The second-order valence-electron chi connectivity index (χ2n) is 3.26. The van der Waals surface area contributed by atoms with Gasteiger partial charge in [0.2, 0.25) is 0 Å². The zero-order valence-electron chi connectivity index (χ0n) is 8.30. The molecule has 1 aromatic carbocycles. The van der Waals surface area contributed by atoms with Gasteiger partial charge in [0.15, 0.2) is 0 Å². The minimum absolute atomic E-state index is 0.251. The van der Waals surface area contributed by atoms with Crippen molar-refractivity contribution in [3.05, 3.63) is 25.6 Å². The van der Waals surface area contributed by atoms with Crippen molar-refractivity contribution in [2.24, 2.45) is 0 Å². The van der Waals surface area contributed by atoms with Crippen LogP contribution in [-0.2, 0) is 0 Å². The molecule has 2 atom stereocenters. The molecule has 2 unspecified atom stereocenters. The molecule has 0 heterocycles. The summed E-state index contributed by atoms with van der Waals surface area (Å²) in [5.41, 5.74) is 0.